The van der Waals surface area contributed by atoms with E-state index in [2.05, 4.69) is 10.3 Å². The van der Waals surface area contributed by atoms with Crippen molar-refractivity contribution in [1.29, 1.82) is 0 Å². The van der Waals surface area contributed by atoms with Crippen LogP contribution in [-0.4, -0.2) is 43.7 Å². The number of rotatable bonds is 8. The van der Waals surface area contributed by atoms with Crippen molar-refractivity contribution >= 4 is 16.5 Å². The molecule has 108 valence electrons. The van der Waals surface area contributed by atoms with E-state index in [1.807, 2.05) is 18.4 Å². The molecule has 0 unspecified atom stereocenters. The largest absolute Gasteiger partial charge is 0.356 e. The van der Waals surface area contributed by atoms with Crippen LogP contribution in [-0.2, 0) is 19.6 Å². The van der Waals surface area contributed by atoms with E-state index in [4.69, 9.17) is 8.37 Å². The maximum Gasteiger partial charge on any atom is 0.224 e. The average molecular weight is 286 g/mol. The lowest BCUT2D eigenvalue weighted by molar-refractivity contribution is -0.120. The quantitative estimate of drug-likeness (QED) is 0.739. The molecule has 0 aromatic carbocycles. The number of nitrogens with one attached hydrogen (secondary N) is 1. The van der Waals surface area contributed by atoms with Gasteiger partial charge in [-0.3, -0.25) is 18.1 Å². The molecule has 1 rings (SSSR count). The molecule has 5 nitrogen and oxygen atoms in total. The van der Waals surface area contributed by atoms with Crippen LogP contribution in [0.25, 0.3) is 0 Å². The Balaban J connectivity index is 2.21. The summed E-state index contributed by atoms with van der Waals surface area (Å²) in [6.07, 6.45) is 6.58. The Morgan fingerprint density at radius 2 is 1.95 bits per heavy atom. The Labute approximate surface area is 116 Å². The van der Waals surface area contributed by atoms with Gasteiger partial charge in [-0.15, -0.1) is 0 Å². The summed E-state index contributed by atoms with van der Waals surface area (Å²) >= 11 is 0. The average Bonchev–Trinajstić information content (AvgIpc) is 2.44. The van der Waals surface area contributed by atoms with Gasteiger partial charge in [0.2, 0.25) is 5.91 Å². The van der Waals surface area contributed by atoms with E-state index in [-0.39, 0.29) is 5.91 Å². The molecule has 1 aromatic heterocycles. The van der Waals surface area contributed by atoms with Crippen LogP contribution in [0.2, 0.25) is 0 Å². The van der Waals surface area contributed by atoms with Gasteiger partial charge in [0.1, 0.15) is 0 Å². The van der Waals surface area contributed by atoms with Crippen LogP contribution in [0.5, 0.6) is 0 Å². The second-order valence-corrected chi connectivity index (χ2v) is 7.13. The molecular weight excluding hydrogens is 264 g/mol. The summed E-state index contributed by atoms with van der Waals surface area (Å²) in [4.78, 5) is 15.6. The first-order valence-corrected chi connectivity index (χ1v) is 8.18. The number of pyridine rings is 1. The third-order valence-electron chi connectivity index (χ3n) is 2.83. The molecule has 0 saturated heterocycles. The number of amides is 1. The molecule has 19 heavy (non-hydrogen) atoms. The highest BCUT2D eigenvalue weighted by Gasteiger charge is 2.11. The number of hydrogen-bond donors (Lipinski definition) is 1. The van der Waals surface area contributed by atoms with Gasteiger partial charge in [-0.2, -0.15) is 10.6 Å². The van der Waals surface area contributed by atoms with Crippen LogP contribution in [0.4, 0.5) is 0 Å². The minimum atomic E-state index is -1.43. The van der Waals surface area contributed by atoms with Gasteiger partial charge in [0, 0.05) is 30.9 Å². The molecule has 0 fully saturated rings. The molecule has 1 aromatic rings. The van der Waals surface area contributed by atoms with Crippen LogP contribution >= 0.6 is 10.6 Å². The number of aromatic nitrogens is 1. The second-order valence-electron chi connectivity index (χ2n) is 4.20. The number of carbonyl (C=O) groups is 1. The number of carbonyl (C=O) groups excluding carboxylic acids is 1. The lowest BCUT2D eigenvalue weighted by atomic mass is 10.2. The van der Waals surface area contributed by atoms with E-state index in [0.29, 0.717) is 13.0 Å². The maximum absolute atomic E-state index is 11.7. The van der Waals surface area contributed by atoms with Crippen LogP contribution in [0.3, 0.4) is 0 Å². The zero-order valence-electron chi connectivity index (χ0n) is 11.7. The molecule has 1 heterocycles. The lowest BCUT2D eigenvalue weighted by Gasteiger charge is -2.36. The highest BCUT2D eigenvalue weighted by Crippen LogP contribution is 2.44. The fourth-order valence-electron chi connectivity index (χ4n) is 1.55. The van der Waals surface area contributed by atoms with Crippen molar-refractivity contribution in [2.24, 2.45) is 0 Å². The summed E-state index contributed by atoms with van der Waals surface area (Å²) in [5.74, 6) is 0.841. The molecule has 0 radical (unpaired) electrons. The standard InChI is InChI=1S/C13H22N2O3S/c1-17-19(3,18-2)10-4-7-15-13(16)11-12-5-8-14-9-6-12/h5-6,8-9H,4,7,10-11H2,1-3H3,(H,15,16). The summed E-state index contributed by atoms with van der Waals surface area (Å²) < 4.78 is 10.7. The Morgan fingerprint density at radius 1 is 1.32 bits per heavy atom. The summed E-state index contributed by atoms with van der Waals surface area (Å²) in [7, 11) is 1.88. The summed E-state index contributed by atoms with van der Waals surface area (Å²) in [6, 6.07) is 3.69. The Kier molecular flexibility index (Phi) is 6.83. The molecule has 0 saturated carbocycles. The summed E-state index contributed by atoms with van der Waals surface area (Å²) in [6.45, 7) is 0.638. The van der Waals surface area contributed by atoms with Crippen molar-refractivity contribution < 1.29 is 13.2 Å². The highest BCUT2D eigenvalue weighted by atomic mass is 32.3. The third kappa shape index (κ3) is 6.04. The van der Waals surface area contributed by atoms with E-state index in [0.717, 1.165) is 17.7 Å². The summed E-state index contributed by atoms with van der Waals surface area (Å²) in [5, 5.41) is 2.89. The first-order chi connectivity index (χ1) is 9.09. The third-order valence-corrected chi connectivity index (χ3v) is 5.27. The monoisotopic (exact) mass is 286 g/mol. The van der Waals surface area contributed by atoms with Crippen molar-refractivity contribution in [3.8, 4) is 0 Å². The van der Waals surface area contributed by atoms with Gasteiger partial charge in [-0.1, -0.05) is 0 Å². The zero-order chi connectivity index (χ0) is 14.1. The van der Waals surface area contributed by atoms with Crippen LogP contribution in [0.15, 0.2) is 24.5 Å². The fourth-order valence-corrected chi connectivity index (χ4v) is 2.68. The van der Waals surface area contributed by atoms with Gasteiger partial charge in [0.05, 0.1) is 20.6 Å². The van der Waals surface area contributed by atoms with E-state index in [1.165, 1.54) is 0 Å². The van der Waals surface area contributed by atoms with Gasteiger partial charge < -0.3 is 5.32 Å². The van der Waals surface area contributed by atoms with Crippen molar-refractivity contribution in [1.82, 2.24) is 10.3 Å². The van der Waals surface area contributed by atoms with Gasteiger partial charge in [0.15, 0.2) is 0 Å². The predicted octanol–water partition coefficient (Wildman–Crippen LogP) is 1.69. The zero-order valence-corrected chi connectivity index (χ0v) is 12.5. The first kappa shape index (κ1) is 15.9. The molecule has 0 aliphatic heterocycles. The van der Waals surface area contributed by atoms with Crippen molar-refractivity contribution in [2.75, 3.05) is 32.8 Å². The number of hydrogen-bond acceptors (Lipinski definition) is 4. The smallest absolute Gasteiger partial charge is 0.224 e. The van der Waals surface area contributed by atoms with E-state index >= 15 is 0 Å². The molecule has 0 bridgehead atoms. The van der Waals surface area contributed by atoms with Gasteiger partial charge in [-0.05, 0) is 24.1 Å². The maximum atomic E-state index is 11.7. The number of nitrogens with zero attached hydrogens (tertiary/aromatic N) is 1. The summed E-state index contributed by atoms with van der Waals surface area (Å²) in [5.41, 5.74) is 0.969. The van der Waals surface area contributed by atoms with E-state index in [1.54, 1.807) is 26.6 Å². The SMILES string of the molecule is COS(C)(CCCNC(=O)Cc1ccncc1)OC. The molecule has 0 aliphatic carbocycles. The molecule has 0 aliphatic rings. The predicted molar refractivity (Wildman–Crippen MR) is 78.0 cm³/mol. The molecular formula is C13H22N2O3S. The first-order valence-electron chi connectivity index (χ1n) is 6.12. The van der Waals surface area contributed by atoms with Gasteiger partial charge in [0.25, 0.3) is 0 Å². The molecule has 0 atom stereocenters. The van der Waals surface area contributed by atoms with Crippen molar-refractivity contribution in [3.05, 3.63) is 30.1 Å². The van der Waals surface area contributed by atoms with E-state index in [9.17, 15) is 4.79 Å². The lowest BCUT2D eigenvalue weighted by Crippen LogP contribution is -2.27. The Hall–Kier alpha value is -1.11. The molecule has 1 N–H and O–H groups in total. The van der Waals surface area contributed by atoms with Gasteiger partial charge in [-0.25, -0.2) is 0 Å². The Morgan fingerprint density at radius 3 is 2.53 bits per heavy atom. The van der Waals surface area contributed by atoms with Crippen LogP contribution < -0.4 is 5.32 Å². The second kappa shape index (κ2) is 8.14. The minimum absolute atomic E-state index is 0.0257. The van der Waals surface area contributed by atoms with E-state index < -0.39 is 10.6 Å². The van der Waals surface area contributed by atoms with Crippen molar-refractivity contribution in [2.45, 2.75) is 12.8 Å². The molecule has 6 heteroatoms. The topological polar surface area (TPSA) is 60.5 Å². The van der Waals surface area contributed by atoms with Crippen LogP contribution in [0.1, 0.15) is 12.0 Å². The minimum Gasteiger partial charge on any atom is -0.356 e. The van der Waals surface area contributed by atoms with Gasteiger partial charge >= 0.3 is 0 Å². The van der Waals surface area contributed by atoms with Crippen molar-refractivity contribution in [3.63, 3.8) is 0 Å². The fraction of sp³-hybridized carbons (Fsp3) is 0.538. The normalized spacial score (nSPS) is 12.2. The Bertz CT molecular complexity index is 383. The highest BCUT2D eigenvalue weighted by molar-refractivity contribution is 8.25. The van der Waals surface area contributed by atoms with Crippen LogP contribution in [0, 0.1) is 0 Å². The molecule has 1 amide bonds. The molecule has 0 spiro atoms.